The molecule has 4 nitrogen and oxygen atoms in total. The number of aromatic nitrogens is 3. The van der Waals surface area contributed by atoms with Crippen molar-refractivity contribution in [3.05, 3.63) is 53.2 Å². The lowest BCUT2D eigenvalue weighted by Crippen LogP contribution is -2.06. The summed E-state index contributed by atoms with van der Waals surface area (Å²) < 4.78 is 1.98. The number of aryl methyl sites for hydroxylation is 4. The summed E-state index contributed by atoms with van der Waals surface area (Å²) in [6, 6.07) is 10.5. The Bertz CT molecular complexity index is 758. The van der Waals surface area contributed by atoms with Crippen LogP contribution in [0, 0.1) is 13.8 Å². The van der Waals surface area contributed by atoms with E-state index in [1.54, 1.807) is 0 Å². The highest BCUT2D eigenvalue weighted by Gasteiger charge is 2.09. The first kappa shape index (κ1) is 12.7. The molecule has 0 saturated carbocycles. The average Bonchev–Trinajstić information content (AvgIpc) is 2.71. The molecule has 0 spiro atoms. The lowest BCUT2D eigenvalue weighted by Gasteiger charge is -2.06. The Morgan fingerprint density at radius 2 is 2.00 bits per heavy atom. The fraction of sp³-hybridized carbons (Fsp3) is 0.250. The van der Waals surface area contributed by atoms with E-state index in [1.165, 1.54) is 11.1 Å². The van der Waals surface area contributed by atoms with Gasteiger partial charge < -0.3 is 5.73 Å². The van der Waals surface area contributed by atoms with E-state index in [-0.39, 0.29) is 0 Å². The van der Waals surface area contributed by atoms with Crippen LogP contribution >= 0.6 is 0 Å². The highest BCUT2D eigenvalue weighted by Crippen LogP contribution is 2.17. The number of rotatable bonds is 3. The molecule has 4 heteroatoms. The number of nitrogen functional groups attached to an aromatic ring is 1. The summed E-state index contributed by atoms with van der Waals surface area (Å²) in [6.45, 7) is 4.91. The monoisotopic (exact) mass is 266 g/mol. The van der Waals surface area contributed by atoms with Gasteiger partial charge in [-0.25, -0.2) is 9.97 Å². The van der Waals surface area contributed by atoms with Crippen LogP contribution in [0.2, 0.25) is 0 Å². The third-order valence-electron chi connectivity index (χ3n) is 3.46. The molecule has 0 radical (unpaired) electrons. The van der Waals surface area contributed by atoms with Crippen molar-refractivity contribution in [3.8, 4) is 0 Å². The van der Waals surface area contributed by atoms with E-state index >= 15 is 0 Å². The third kappa shape index (κ3) is 2.37. The molecule has 0 aliphatic heterocycles. The van der Waals surface area contributed by atoms with Crippen LogP contribution in [0.3, 0.4) is 0 Å². The first-order valence-corrected chi connectivity index (χ1v) is 6.77. The molecule has 1 aromatic carbocycles. The van der Waals surface area contributed by atoms with Gasteiger partial charge in [0.05, 0.1) is 0 Å². The van der Waals surface area contributed by atoms with E-state index in [1.807, 2.05) is 23.8 Å². The van der Waals surface area contributed by atoms with Crippen molar-refractivity contribution in [3.63, 3.8) is 0 Å². The second-order valence-electron chi connectivity index (χ2n) is 5.22. The van der Waals surface area contributed by atoms with Crippen LogP contribution in [0.5, 0.6) is 0 Å². The van der Waals surface area contributed by atoms with Gasteiger partial charge in [0.15, 0.2) is 5.65 Å². The van der Waals surface area contributed by atoms with Gasteiger partial charge in [-0.2, -0.15) is 0 Å². The highest BCUT2D eigenvalue weighted by molar-refractivity contribution is 5.74. The molecule has 0 bridgehead atoms. The summed E-state index contributed by atoms with van der Waals surface area (Å²) in [5, 5.41) is 0. The maximum atomic E-state index is 6.01. The number of fused-ring (bicyclic) bond motifs is 1. The van der Waals surface area contributed by atoms with Crippen molar-refractivity contribution in [1.29, 1.82) is 0 Å². The molecule has 20 heavy (non-hydrogen) atoms. The second-order valence-corrected chi connectivity index (χ2v) is 5.22. The number of hydrogen-bond donors (Lipinski definition) is 1. The van der Waals surface area contributed by atoms with Crippen LogP contribution in [0.4, 0.5) is 5.95 Å². The van der Waals surface area contributed by atoms with E-state index < -0.39 is 0 Å². The van der Waals surface area contributed by atoms with E-state index in [0.717, 1.165) is 29.7 Å². The smallest absolute Gasteiger partial charge is 0.202 e. The Labute approximate surface area is 118 Å². The Kier molecular flexibility index (Phi) is 3.14. The lowest BCUT2D eigenvalue weighted by atomic mass is 10.1. The second kappa shape index (κ2) is 4.96. The molecule has 0 atom stereocenters. The number of nitrogens with zero attached hydrogens (tertiary/aromatic N) is 3. The van der Waals surface area contributed by atoms with Crippen LogP contribution in [-0.2, 0) is 13.0 Å². The van der Waals surface area contributed by atoms with Gasteiger partial charge in [0.1, 0.15) is 5.52 Å². The summed E-state index contributed by atoms with van der Waals surface area (Å²) in [5.41, 5.74) is 11.4. The molecule has 0 aliphatic carbocycles. The summed E-state index contributed by atoms with van der Waals surface area (Å²) in [6.07, 6.45) is 2.78. The third-order valence-corrected chi connectivity index (χ3v) is 3.46. The molecular weight excluding hydrogens is 248 g/mol. The van der Waals surface area contributed by atoms with Gasteiger partial charge in [-0.1, -0.05) is 29.8 Å². The van der Waals surface area contributed by atoms with Crippen LogP contribution in [-0.4, -0.2) is 14.5 Å². The van der Waals surface area contributed by atoms with Gasteiger partial charge in [0, 0.05) is 12.7 Å². The van der Waals surface area contributed by atoms with Crippen molar-refractivity contribution in [2.75, 3.05) is 5.73 Å². The first-order chi connectivity index (χ1) is 9.63. The molecule has 0 aliphatic rings. The van der Waals surface area contributed by atoms with Gasteiger partial charge in [0.25, 0.3) is 0 Å². The molecule has 3 rings (SSSR count). The Morgan fingerprint density at radius 1 is 1.15 bits per heavy atom. The van der Waals surface area contributed by atoms with Gasteiger partial charge >= 0.3 is 0 Å². The van der Waals surface area contributed by atoms with Crippen molar-refractivity contribution in [2.24, 2.45) is 0 Å². The van der Waals surface area contributed by atoms with Crippen molar-refractivity contribution >= 4 is 17.1 Å². The van der Waals surface area contributed by atoms with Gasteiger partial charge in [-0.3, -0.25) is 4.57 Å². The molecule has 0 amide bonds. The number of benzene rings is 1. The quantitative estimate of drug-likeness (QED) is 0.793. The summed E-state index contributed by atoms with van der Waals surface area (Å²) in [5.74, 6) is 0.533. The predicted octanol–water partition coefficient (Wildman–Crippen LogP) is 2.87. The molecular formula is C16H18N4. The predicted molar refractivity (Wildman–Crippen MR) is 81.6 cm³/mol. The number of anilines is 1. The molecule has 0 fully saturated rings. The Hall–Kier alpha value is -2.36. The molecule has 2 heterocycles. The van der Waals surface area contributed by atoms with Gasteiger partial charge in [-0.05, 0) is 37.5 Å². The molecule has 2 N–H and O–H groups in total. The number of nitrogens with two attached hydrogens (primary N) is 1. The van der Waals surface area contributed by atoms with Crippen molar-refractivity contribution in [2.45, 2.75) is 26.8 Å². The summed E-state index contributed by atoms with van der Waals surface area (Å²) in [7, 11) is 0. The minimum absolute atomic E-state index is 0.533. The minimum atomic E-state index is 0.533. The zero-order valence-electron chi connectivity index (χ0n) is 11.8. The van der Waals surface area contributed by atoms with Crippen LogP contribution in [0.1, 0.15) is 16.7 Å². The molecule has 3 aromatic rings. The lowest BCUT2D eigenvalue weighted by molar-refractivity contribution is 0.719. The summed E-state index contributed by atoms with van der Waals surface area (Å²) >= 11 is 0. The number of hydrogen-bond acceptors (Lipinski definition) is 3. The number of pyridine rings is 1. The maximum Gasteiger partial charge on any atom is 0.202 e. The first-order valence-electron chi connectivity index (χ1n) is 6.77. The van der Waals surface area contributed by atoms with Gasteiger partial charge in [0.2, 0.25) is 5.95 Å². The molecule has 0 unspecified atom stereocenters. The zero-order valence-corrected chi connectivity index (χ0v) is 11.8. The average molecular weight is 266 g/mol. The van der Waals surface area contributed by atoms with Crippen molar-refractivity contribution < 1.29 is 0 Å². The SMILES string of the molecule is Cc1cccc(CCn2c(N)nc3cc(C)cnc32)c1. The molecule has 102 valence electrons. The molecule has 0 saturated heterocycles. The fourth-order valence-electron chi connectivity index (χ4n) is 2.46. The van der Waals surface area contributed by atoms with Crippen LogP contribution < -0.4 is 5.73 Å². The highest BCUT2D eigenvalue weighted by atomic mass is 15.2. The maximum absolute atomic E-state index is 6.01. The minimum Gasteiger partial charge on any atom is -0.369 e. The van der Waals surface area contributed by atoms with E-state index in [4.69, 9.17) is 5.73 Å². The normalized spacial score (nSPS) is 11.1. The largest absolute Gasteiger partial charge is 0.369 e. The topological polar surface area (TPSA) is 56.7 Å². The van der Waals surface area contributed by atoms with E-state index in [9.17, 15) is 0 Å². The summed E-state index contributed by atoms with van der Waals surface area (Å²) in [4.78, 5) is 8.83. The Balaban J connectivity index is 1.89. The molecule has 2 aromatic heterocycles. The zero-order chi connectivity index (χ0) is 14.1. The van der Waals surface area contributed by atoms with Crippen LogP contribution in [0.25, 0.3) is 11.2 Å². The number of imidazole rings is 1. The van der Waals surface area contributed by atoms with Gasteiger partial charge in [-0.15, -0.1) is 0 Å². The van der Waals surface area contributed by atoms with Crippen LogP contribution in [0.15, 0.2) is 36.5 Å². The Morgan fingerprint density at radius 3 is 2.80 bits per heavy atom. The standard InChI is InChI=1S/C16H18N4/c1-11-4-3-5-13(8-11)6-7-20-15-14(19-16(20)17)9-12(2)10-18-15/h3-5,8-10H,6-7H2,1-2H3,(H2,17,19). The van der Waals surface area contributed by atoms with E-state index in [0.29, 0.717) is 5.95 Å². The fourth-order valence-corrected chi connectivity index (χ4v) is 2.46. The van der Waals surface area contributed by atoms with E-state index in [2.05, 4.69) is 41.2 Å². The van der Waals surface area contributed by atoms with Crippen molar-refractivity contribution in [1.82, 2.24) is 14.5 Å².